The minimum absolute atomic E-state index is 0.258. The van der Waals surface area contributed by atoms with Gasteiger partial charge in [-0.1, -0.05) is 18.2 Å². The summed E-state index contributed by atoms with van der Waals surface area (Å²) in [5.41, 5.74) is 0.680. The Labute approximate surface area is 77.8 Å². The van der Waals surface area contributed by atoms with E-state index in [4.69, 9.17) is 4.74 Å². The first-order valence-corrected chi connectivity index (χ1v) is 4.22. The van der Waals surface area contributed by atoms with Crippen LogP contribution in [-0.2, 0) is 6.42 Å². The lowest BCUT2D eigenvalue weighted by atomic mass is 10.1. The minimum Gasteiger partial charge on any atom is -0.494 e. The second kappa shape index (κ2) is 4.65. The summed E-state index contributed by atoms with van der Waals surface area (Å²) >= 11 is 0. The van der Waals surface area contributed by atoms with Gasteiger partial charge in [0.15, 0.2) is 11.6 Å². The molecule has 13 heavy (non-hydrogen) atoms. The van der Waals surface area contributed by atoms with E-state index in [0.717, 1.165) is 6.42 Å². The predicted molar refractivity (Wildman–Crippen MR) is 51.5 cm³/mol. The van der Waals surface area contributed by atoms with Gasteiger partial charge in [0.05, 0.1) is 7.11 Å². The summed E-state index contributed by atoms with van der Waals surface area (Å²) in [5, 5.41) is 0. The van der Waals surface area contributed by atoms with Crippen molar-refractivity contribution in [3.8, 4) is 5.75 Å². The number of benzene rings is 1. The van der Waals surface area contributed by atoms with E-state index < -0.39 is 0 Å². The SMILES string of the molecule is C=CCCc1cccc(OC)c1F. The molecule has 70 valence electrons. The number of allylic oxidation sites excluding steroid dienone is 1. The normalized spacial score (nSPS) is 9.69. The molecule has 0 N–H and O–H groups in total. The van der Waals surface area contributed by atoms with E-state index in [2.05, 4.69) is 6.58 Å². The van der Waals surface area contributed by atoms with Crippen molar-refractivity contribution in [1.82, 2.24) is 0 Å². The summed E-state index contributed by atoms with van der Waals surface area (Å²) < 4.78 is 18.3. The molecule has 0 saturated carbocycles. The van der Waals surface area contributed by atoms with E-state index in [1.807, 2.05) is 0 Å². The molecule has 0 radical (unpaired) electrons. The van der Waals surface area contributed by atoms with Crippen molar-refractivity contribution in [2.75, 3.05) is 7.11 Å². The van der Waals surface area contributed by atoms with Crippen LogP contribution in [0, 0.1) is 5.82 Å². The van der Waals surface area contributed by atoms with Gasteiger partial charge < -0.3 is 4.74 Å². The molecule has 0 unspecified atom stereocenters. The lowest BCUT2D eigenvalue weighted by molar-refractivity contribution is 0.384. The van der Waals surface area contributed by atoms with Gasteiger partial charge in [-0.15, -0.1) is 6.58 Å². The van der Waals surface area contributed by atoms with Gasteiger partial charge in [-0.3, -0.25) is 0 Å². The highest BCUT2D eigenvalue weighted by Gasteiger charge is 2.06. The average molecular weight is 180 g/mol. The summed E-state index contributed by atoms with van der Waals surface area (Å²) in [6.45, 7) is 3.59. The third-order valence-corrected chi connectivity index (χ3v) is 1.88. The first-order valence-electron chi connectivity index (χ1n) is 4.22. The Morgan fingerprint density at radius 2 is 2.31 bits per heavy atom. The summed E-state index contributed by atoms with van der Waals surface area (Å²) in [7, 11) is 1.47. The highest BCUT2D eigenvalue weighted by Crippen LogP contribution is 2.20. The van der Waals surface area contributed by atoms with Crippen LogP contribution < -0.4 is 4.74 Å². The molecule has 0 aliphatic carbocycles. The Kier molecular flexibility index (Phi) is 3.50. The molecule has 0 fully saturated rings. The van der Waals surface area contributed by atoms with Gasteiger partial charge >= 0.3 is 0 Å². The maximum atomic E-state index is 13.4. The molecule has 0 amide bonds. The summed E-state index contributed by atoms with van der Waals surface area (Å²) in [4.78, 5) is 0. The second-order valence-electron chi connectivity index (χ2n) is 2.76. The molecule has 0 spiro atoms. The molecule has 2 heteroatoms. The van der Waals surface area contributed by atoms with E-state index >= 15 is 0 Å². The standard InChI is InChI=1S/C11H13FO/c1-3-4-6-9-7-5-8-10(13-2)11(9)12/h3,5,7-8H,1,4,6H2,2H3. The molecule has 0 bridgehead atoms. The van der Waals surface area contributed by atoms with Crippen molar-refractivity contribution in [2.24, 2.45) is 0 Å². The van der Waals surface area contributed by atoms with Crippen molar-refractivity contribution in [2.45, 2.75) is 12.8 Å². The third kappa shape index (κ3) is 2.31. The Hall–Kier alpha value is -1.31. The maximum Gasteiger partial charge on any atom is 0.168 e. The van der Waals surface area contributed by atoms with Crippen LogP contribution in [0.1, 0.15) is 12.0 Å². The lowest BCUT2D eigenvalue weighted by Gasteiger charge is -2.05. The first-order chi connectivity index (χ1) is 6.29. The number of hydrogen-bond acceptors (Lipinski definition) is 1. The summed E-state index contributed by atoms with van der Waals surface area (Å²) in [5.74, 6) is 0.0495. The van der Waals surface area contributed by atoms with Crippen LogP contribution in [0.15, 0.2) is 30.9 Å². The van der Waals surface area contributed by atoms with Crippen LogP contribution in [0.3, 0.4) is 0 Å². The van der Waals surface area contributed by atoms with E-state index in [1.54, 1.807) is 24.3 Å². The third-order valence-electron chi connectivity index (χ3n) is 1.88. The first kappa shape index (κ1) is 9.78. The zero-order chi connectivity index (χ0) is 9.68. The molecule has 0 aliphatic heterocycles. The summed E-state index contributed by atoms with van der Waals surface area (Å²) in [6, 6.07) is 5.18. The summed E-state index contributed by atoms with van der Waals surface area (Å²) in [6.07, 6.45) is 3.23. The van der Waals surface area contributed by atoms with Gasteiger partial charge in [0, 0.05) is 0 Å². The molecular weight excluding hydrogens is 167 g/mol. The van der Waals surface area contributed by atoms with Crippen LogP contribution in [0.25, 0.3) is 0 Å². The monoisotopic (exact) mass is 180 g/mol. The average Bonchev–Trinajstić information content (AvgIpc) is 2.16. The van der Waals surface area contributed by atoms with Gasteiger partial charge in [-0.2, -0.15) is 0 Å². The number of methoxy groups -OCH3 is 1. The Morgan fingerprint density at radius 1 is 1.54 bits per heavy atom. The fourth-order valence-corrected chi connectivity index (χ4v) is 1.16. The number of rotatable bonds is 4. The number of halogens is 1. The van der Waals surface area contributed by atoms with Crippen LogP contribution in [0.2, 0.25) is 0 Å². The smallest absolute Gasteiger partial charge is 0.168 e. The van der Waals surface area contributed by atoms with Gasteiger partial charge in [0.2, 0.25) is 0 Å². The fourth-order valence-electron chi connectivity index (χ4n) is 1.16. The Bertz CT molecular complexity index is 294. The topological polar surface area (TPSA) is 9.23 Å². The van der Waals surface area contributed by atoms with Crippen LogP contribution >= 0.6 is 0 Å². The van der Waals surface area contributed by atoms with Crippen LogP contribution in [0.5, 0.6) is 5.75 Å². The molecule has 0 heterocycles. The van der Waals surface area contributed by atoms with Crippen molar-refractivity contribution in [1.29, 1.82) is 0 Å². The molecule has 0 aliphatic rings. The van der Waals surface area contributed by atoms with Crippen LogP contribution in [-0.4, -0.2) is 7.11 Å². The van der Waals surface area contributed by atoms with E-state index in [1.165, 1.54) is 7.11 Å². The molecule has 0 atom stereocenters. The van der Waals surface area contributed by atoms with Gasteiger partial charge in [-0.05, 0) is 24.5 Å². The van der Waals surface area contributed by atoms with E-state index in [0.29, 0.717) is 17.7 Å². The quantitative estimate of drug-likeness (QED) is 0.647. The zero-order valence-corrected chi connectivity index (χ0v) is 7.72. The fraction of sp³-hybridized carbons (Fsp3) is 0.273. The molecular formula is C11H13FO. The van der Waals surface area contributed by atoms with E-state index in [-0.39, 0.29) is 5.82 Å². The molecule has 1 rings (SSSR count). The Balaban J connectivity index is 2.87. The van der Waals surface area contributed by atoms with Gasteiger partial charge in [0.1, 0.15) is 0 Å². The van der Waals surface area contributed by atoms with Crippen molar-refractivity contribution < 1.29 is 9.13 Å². The van der Waals surface area contributed by atoms with Crippen molar-refractivity contribution in [3.05, 3.63) is 42.2 Å². The number of hydrogen-bond donors (Lipinski definition) is 0. The van der Waals surface area contributed by atoms with Crippen LogP contribution in [0.4, 0.5) is 4.39 Å². The van der Waals surface area contributed by atoms with Gasteiger partial charge in [0.25, 0.3) is 0 Å². The highest BCUT2D eigenvalue weighted by atomic mass is 19.1. The number of ether oxygens (including phenoxy) is 1. The predicted octanol–water partition coefficient (Wildman–Crippen LogP) is 2.95. The molecule has 1 nitrogen and oxygen atoms in total. The minimum atomic E-state index is -0.258. The molecule has 1 aromatic rings. The zero-order valence-electron chi connectivity index (χ0n) is 7.72. The lowest BCUT2D eigenvalue weighted by Crippen LogP contribution is -1.94. The maximum absolute atomic E-state index is 13.4. The van der Waals surface area contributed by atoms with Crippen molar-refractivity contribution >= 4 is 0 Å². The number of aryl methyl sites for hydroxylation is 1. The molecule has 0 saturated heterocycles. The second-order valence-corrected chi connectivity index (χ2v) is 2.76. The largest absolute Gasteiger partial charge is 0.494 e. The van der Waals surface area contributed by atoms with E-state index in [9.17, 15) is 4.39 Å². The highest BCUT2D eigenvalue weighted by molar-refractivity contribution is 5.31. The Morgan fingerprint density at radius 3 is 2.92 bits per heavy atom. The van der Waals surface area contributed by atoms with Crippen molar-refractivity contribution in [3.63, 3.8) is 0 Å². The molecule has 1 aromatic carbocycles. The molecule has 0 aromatic heterocycles. The van der Waals surface area contributed by atoms with Gasteiger partial charge in [-0.25, -0.2) is 4.39 Å².